The van der Waals surface area contributed by atoms with E-state index in [4.69, 9.17) is 4.74 Å². The summed E-state index contributed by atoms with van der Waals surface area (Å²) in [4.78, 5) is 0. The minimum absolute atomic E-state index is 0.410. The van der Waals surface area contributed by atoms with Gasteiger partial charge in [-0.05, 0) is 32.4 Å². The zero-order chi connectivity index (χ0) is 12.3. The molecule has 2 rings (SSSR count). The molecule has 0 radical (unpaired) electrons. The number of aryl methyl sites for hydroxylation is 1. The number of benzene rings is 1. The molecule has 0 bridgehead atoms. The average molecular weight is 233 g/mol. The number of rotatable bonds is 4. The van der Waals surface area contributed by atoms with E-state index in [0.717, 1.165) is 19.4 Å². The van der Waals surface area contributed by atoms with Crippen LogP contribution in [0.1, 0.15) is 36.9 Å². The van der Waals surface area contributed by atoms with E-state index in [1.165, 1.54) is 11.1 Å². The molecule has 1 aliphatic heterocycles. The largest absolute Gasteiger partial charge is 0.378 e. The van der Waals surface area contributed by atoms with Crippen molar-refractivity contribution >= 4 is 0 Å². The van der Waals surface area contributed by atoms with Gasteiger partial charge in [-0.25, -0.2) is 0 Å². The summed E-state index contributed by atoms with van der Waals surface area (Å²) in [6.45, 7) is 5.28. The van der Waals surface area contributed by atoms with Crippen LogP contribution in [0.25, 0.3) is 0 Å². The predicted octanol–water partition coefficient (Wildman–Crippen LogP) is 3.07. The van der Waals surface area contributed by atoms with Crippen LogP contribution in [-0.2, 0) is 4.74 Å². The highest BCUT2D eigenvalue weighted by atomic mass is 16.5. The molecule has 0 aromatic heterocycles. The topological polar surface area (TPSA) is 21.3 Å². The summed E-state index contributed by atoms with van der Waals surface area (Å²) < 4.78 is 5.81. The summed E-state index contributed by atoms with van der Waals surface area (Å²) in [5, 5.41) is 3.47. The highest BCUT2D eigenvalue weighted by Gasteiger charge is 2.33. The Morgan fingerprint density at radius 1 is 1.47 bits per heavy atom. The Balaban J connectivity index is 2.21. The van der Waals surface area contributed by atoms with Gasteiger partial charge in [0.05, 0.1) is 6.10 Å². The van der Waals surface area contributed by atoms with Crippen molar-refractivity contribution in [3.63, 3.8) is 0 Å². The first-order chi connectivity index (χ1) is 8.26. The second-order valence-electron chi connectivity index (χ2n) is 4.95. The highest BCUT2D eigenvalue weighted by molar-refractivity contribution is 5.26. The van der Waals surface area contributed by atoms with Crippen molar-refractivity contribution in [1.29, 1.82) is 0 Å². The first-order valence-electron chi connectivity index (χ1n) is 6.61. The van der Waals surface area contributed by atoms with Crippen LogP contribution in [0.15, 0.2) is 24.3 Å². The molecule has 1 aromatic carbocycles. The maximum Gasteiger partial charge on any atom is 0.0619 e. The van der Waals surface area contributed by atoms with Crippen LogP contribution in [0.4, 0.5) is 0 Å². The fourth-order valence-corrected chi connectivity index (χ4v) is 2.96. The fourth-order valence-electron chi connectivity index (χ4n) is 2.96. The Hall–Kier alpha value is -0.860. The first kappa shape index (κ1) is 12.6. The molecule has 17 heavy (non-hydrogen) atoms. The first-order valence-corrected chi connectivity index (χ1v) is 6.61. The highest BCUT2D eigenvalue weighted by Crippen LogP contribution is 2.34. The van der Waals surface area contributed by atoms with E-state index < -0.39 is 0 Å². The summed E-state index contributed by atoms with van der Waals surface area (Å²) in [5.74, 6) is 0.604. The van der Waals surface area contributed by atoms with Gasteiger partial charge < -0.3 is 10.1 Å². The van der Waals surface area contributed by atoms with Gasteiger partial charge in [-0.2, -0.15) is 0 Å². The van der Waals surface area contributed by atoms with Gasteiger partial charge in [0.2, 0.25) is 0 Å². The quantitative estimate of drug-likeness (QED) is 0.863. The number of ether oxygens (including phenoxy) is 1. The molecular weight excluding hydrogens is 210 g/mol. The lowest BCUT2D eigenvalue weighted by Gasteiger charge is -2.27. The van der Waals surface area contributed by atoms with Crippen LogP contribution in [0.2, 0.25) is 0 Å². The predicted molar refractivity (Wildman–Crippen MR) is 71.1 cm³/mol. The summed E-state index contributed by atoms with van der Waals surface area (Å²) in [5.41, 5.74) is 2.72. The van der Waals surface area contributed by atoms with Crippen LogP contribution >= 0.6 is 0 Å². The van der Waals surface area contributed by atoms with Crippen molar-refractivity contribution in [3.8, 4) is 0 Å². The number of nitrogens with one attached hydrogen (secondary N) is 1. The fraction of sp³-hybridized carbons (Fsp3) is 0.600. The van der Waals surface area contributed by atoms with Crippen molar-refractivity contribution in [2.45, 2.75) is 38.8 Å². The molecule has 1 N–H and O–H groups in total. The Labute approximate surface area is 104 Å². The van der Waals surface area contributed by atoms with E-state index in [0.29, 0.717) is 18.1 Å². The second-order valence-corrected chi connectivity index (χ2v) is 4.95. The molecule has 1 heterocycles. The smallest absolute Gasteiger partial charge is 0.0619 e. The lowest BCUT2D eigenvalue weighted by molar-refractivity contribution is 0.0782. The van der Waals surface area contributed by atoms with Crippen molar-refractivity contribution in [2.75, 3.05) is 13.7 Å². The van der Waals surface area contributed by atoms with Gasteiger partial charge in [0, 0.05) is 18.6 Å². The van der Waals surface area contributed by atoms with Crippen molar-refractivity contribution in [3.05, 3.63) is 35.4 Å². The van der Waals surface area contributed by atoms with Gasteiger partial charge in [0.1, 0.15) is 0 Å². The molecule has 3 atom stereocenters. The molecule has 2 nitrogen and oxygen atoms in total. The molecular formula is C15H23NO. The maximum absolute atomic E-state index is 5.81. The molecule has 0 amide bonds. The van der Waals surface area contributed by atoms with E-state index in [-0.39, 0.29) is 0 Å². The monoisotopic (exact) mass is 233 g/mol. The van der Waals surface area contributed by atoms with Crippen LogP contribution < -0.4 is 5.32 Å². The molecule has 1 aromatic rings. The van der Waals surface area contributed by atoms with E-state index >= 15 is 0 Å². The lowest BCUT2D eigenvalue weighted by atomic mass is 9.86. The average Bonchev–Trinajstić information content (AvgIpc) is 2.78. The van der Waals surface area contributed by atoms with E-state index in [1.807, 2.05) is 0 Å². The Morgan fingerprint density at radius 3 is 2.94 bits per heavy atom. The Kier molecular flexibility index (Phi) is 4.19. The molecule has 2 heteroatoms. The van der Waals surface area contributed by atoms with Crippen LogP contribution in [-0.4, -0.2) is 19.8 Å². The SMILES string of the molecule is CCC1OCCC1C(NC)c1cccc(C)c1. The van der Waals surface area contributed by atoms with Gasteiger partial charge in [0.15, 0.2) is 0 Å². The standard InChI is InChI=1S/C15H23NO/c1-4-14-13(8-9-17-14)15(16-3)12-7-5-6-11(2)10-12/h5-7,10,13-16H,4,8-9H2,1-3H3. The van der Waals surface area contributed by atoms with Gasteiger partial charge in [-0.15, -0.1) is 0 Å². The third-order valence-corrected chi connectivity index (χ3v) is 3.80. The number of hydrogen-bond acceptors (Lipinski definition) is 2. The summed E-state index contributed by atoms with van der Waals surface area (Å²) in [6, 6.07) is 9.22. The van der Waals surface area contributed by atoms with Crippen LogP contribution in [0.5, 0.6) is 0 Å². The number of hydrogen-bond donors (Lipinski definition) is 1. The van der Waals surface area contributed by atoms with Crippen molar-refractivity contribution in [1.82, 2.24) is 5.32 Å². The van der Waals surface area contributed by atoms with Crippen LogP contribution in [0.3, 0.4) is 0 Å². The minimum atomic E-state index is 0.410. The van der Waals surface area contributed by atoms with Gasteiger partial charge >= 0.3 is 0 Å². The third kappa shape index (κ3) is 2.70. The minimum Gasteiger partial charge on any atom is -0.378 e. The van der Waals surface area contributed by atoms with E-state index in [2.05, 4.69) is 50.5 Å². The molecule has 0 aliphatic carbocycles. The van der Waals surface area contributed by atoms with Gasteiger partial charge in [-0.3, -0.25) is 0 Å². The molecule has 1 fully saturated rings. The van der Waals surface area contributed by atoms with Crippen LogP contribution in [0, 0.1) is 12.8 Å². The Bertz CT molecular complexity index is 364. The summed E-state index contributed by atoms with van der Waals surface area (Å²) in [6.07, 6.45) is 2.68. The third-order valence-electron chi connectivity index (χ3n) is 3.80. The van der Waals surface area contributed by atoms with E-state index in [1.54, 1.807) is 0 Å². The molecule has 1 aliphatic rings. The lowest BCUT2D eigenvalue weighted by Crippen LogP contribution is -2.30. The summed E-state index contributed by atoms with van der Waals surface area (Å²) in [7, 11) is 2.05. The molecule has 1 saturated heterocycles. The van der Waals surface area contributed by atoms with Crippen molar-refractivity contribution in [2.24, 2.45) is 5.92 Å². The van der Waals surface area contributed by atoms with Gasteiger partial charge in [-0.1, -0.05) is 36.8 Å². The Morgan fingerprint density at radius 2 is 2.29 bits per heavy atom. The van der Waals surface area contributed by atoms with Gasteiger partial charge in [0.25, 0.3) is 0 Å². The molecule has 0 spiro atoms. The molecule has 3 unspecified atom stereocenters. The zero-order valence-electron chi connectivity index (χ0n) is 11.1. The summed E-state index contributed by atoms with van der Waals surface area (Å²) >= 11 is 0. The zero-order valence-corrected chi connectivity index (χ0v) is 11.1. The molecule has 0 saturated carbocycles. The van der Waals surface area contributed by atoms with E-state index in [9.17, 15) is 0 Å². The normalized spacial score (nSPS) is 26.1. The second kappa shape index (κ2) is 5.65. The molecule has 94 valence electrons. The van der Waals surface area contributed by atoms with Crippen molar-refractivity contribution < 1.29 is 4.74 Å². The maximum atomic E-state index is 5.81.